The fourth-order valence-corrected chi connectivity index (χ4v) is 1.86. The first-order valence-electron chi connectivity index (χ1n) is 6.03. The van der Waals surface area contributed by atoms with Gasteiger partial charge in [-0.3, -0.25) is 4.79 Å². The Bertz CT molecular complexity index is 557. The minimum Gasteiger partial charge on any atom is -0.374 e. The molecule has 0 aromatic heterocycles. The molecule has 0 fully saturated rings. The van der Waals surface area contributed by atoms with Crippen LogP contribution in [0.15, 0.2) is 54.6 Å². The third-order valence-electron chi connectivity index (χ3n) is 2.64. The lowest BCUT2D eigenvalue weighted by Gasteiger charge is -2.15. The molecule has 0 aliphatic carbocycles. The van der Waals surface area contributed by atoms with Gasteiger partial charge < -0.3 is 10.6 Å². The zero-order valence-electron chi connectivity index (χ0n) is 10.6. The number of hydrogen-bond acceptors (Lipinski definition) is 2. The monoisotopic (exact) mass is 274 g/mol. The van der Waals surface area contributed by atoms with Gasteiger partial charge in [0.25, 0.3) is 0 Å². The van der Waals surface area contributed by atoms with E-state index in [-0.39, 0.29) is 11.9 Å². The Labute approximate surface area is 117 Å². The van der Waals surface area contributed by atoms with Crippen LogP contribution in [0.4, 0.5) is 11.4 Å². The second-order valence-corrected chi connectivity index (χ2v) is 4.67. The van der Waals surface area contributed by atoms with Crippen molar-refractivity contribution in [1.82, 2.24) is 0 Å². The summed E-state index contributed by atoms with van der Waals surface area (Å²) in [5, 5.41) is 6.55. The molecule has 0 spiro atoms. The fourth-order valence-electron chi connectivity index (χ4n) is 1.67. The third-order valence-corrected chi connectivity index (χ3v) is 2.88. The maximum absolute atomic E-state index is 12.0. The van der Waals surface area contributed by atoms with Crippen molar-refractivity contribution >= 4 is 28.9 Å². The Morgan fingerprint density at radius 1 is 1.05 bits per heavy atom. The van der Waals surface area contributed by atoms with Gasteiger partial charge in [0.05, 0.1) is 0 Å². The molecule has 98 valence electrons. The number of rotatable bonds is 4. The highest BCUT2D eigenvalue weighted by molar-refractivity contribution is 6.30. The van der Waals surface area contributed by atoms with Crippen molar-refractivity contribution in [2.45, 2.75) is 13.0 Å². The largest absolute Gasteiger partial charge is 0.374 e. The van der Waals surface area contributed by atoms with Gasteiger partial charge in [0.15, 0.2) is 0 Å². The van der Waals surface area contributed by atoms with Crippen molar-refractivity contribution in [3.05, 3.63) is 59.6 Å². The molecule has 19 heavy (non-hydrogen) atoms. The van der Waals surface area contributed by atoms with Gasteiger partial charge in [-0.05, 0) is 37.3 Å². The summed E-state index contributed by atoms with van der Waals surface area (Å²) in [6.45, 7) is 1.81. The molecule has 2 aromatic rings. The Morgan fingerprint density at radius 3 is 2.42 bits per heavy atom. The maximum Gasteiger partial charge on any atom is 0.246 e. The van der Waals surface area contributed by atoms with Crippen molar-refractivity contribution in [1.29, 1.82) is 0 Å². The van der Waals surface area contributed by atoms with E-state index in [1.54, 1.807) is 24.3 Å². The minimum absolute atomic E-state index is 0.105. The number of anilines is 2. The number of hydrogen-bond donors (Lipinski definition) is 2. The summed E-state index contributed by atoms with van der Waals surface area (Å²) in [5.74, 6) is -0.105. The molecular weight excluding hydrogens is 260 g/mol. The highest BCUT2D eigenvalue weighted by Crippen LogP contribution is 2.15. The van der Waals surface area contributed by atoms with Crippen molar-refractivity contribution < 1.29 is 4.79 Å². The molecule has 0 saturated carbocycles. The molecule has 0 heterocycles. The zero-order valence-corrected chi connectivity index (χ0v) is 11.3. The van der Waals surface area contributed by atoms with Crippen LogP contribution in [0.25, 0.3) is 0 Å². The minimum atomic E-state index is -0.332. The van der Waals surface area contributed by atoms with E-state index in [0.717, 1.165) is 5.69 Å². The molecule has 2 rings (SSSR count). The van der Waals surface area contributed by atoms with Gasteiger partial charge in [-0.1, -0.05) is 35.9 Å². The Balaban J connectivity index is 1.96. The van der Waals surface area contributed by atoms with Crippen LogP contribution in [0, 0.1) is 0 Å². The van der Waals surface area contributed by atoms with Gasteiger partial charge in [0, 0.05) is 16.4 Å². The van der Waals surface area contributed by atoms with Gasteiger partial charge in [0.2, 0.25) is 5.91 Å². The van der Waals surface area contributed by atoms with E-state index in [1.807, 2.05) is 37.3 Å². The lowest BCUT2D eigenvalue weighted by atomic mass is 10.2. The predicted molar refractivity (Wildman–Crippen MR) is 79.6 cm³/mol. The van der Waals surface area contributed by atoms with Gasteiger partial charge >= 0.3 is 0 Å². The summed E-state index contributed by atoms with van der Waals surface area (Å²) >= 11 is 5.87. The molecule has 0 aliphatic rings. The second-order valence-electron chi connectivity index (χ2n) is 4.23. The average molecular weight is 275 g/mol. The van der Waals surface area contributed by atoms with E-state index in [2.05, 4.69) is 10.6 Å². The summed E-state index contributed by atoms with van der Waals surface area (Å²) in [6, 6.07) is 16.4. The van der Waals surface area contributed by atoms with E-state index >= 15 is 0 Å². The Morgan fingerprint density at radius 2 is 1.74 bits per heavy atom. The first-order chi connectivity index (χ1) is 9.15. The van der Waals surface area contributed by atoms with Crippen LogP contribution in [0.5, 0.6) is 0 Å². The smallest absolute Gasteiger partial charge is 0.246 e. The number of para-hydroxylation sites is 1. The first kappa shape index (κ1) is 13.4. The number of benzene rings is 2. The normalized spacial score (nSPS) is 11.7. The van der Waals surface area contributed by atoms with Gasteiger partial charge in [-0.15, -0.1) is 0 Å². The summed E-state index contributed by atoms with van der Waals surface area (Å²) in [5.41, 5.74) is 1.61. The van der Waals surface area contributed by atoms with Gasteiger partial charge in [-0.25, -0.2) is 0 Å². The van der Waals surface area contributed by atoms with Crippen molar-refractivity contribution in [3.8, 4) is 0 Å². The van der Waals surface area contributed by atoms with E-state index < -0.39 is 0 Å². The predicted octanol–water partition coefficient (Wildman–Crippen LogP) is 3.78. The Hall–Kier alpha value is -2.00. The molecule has 2 aromatic carbocycles. The van der Waals surface area contributed by atoms with Crippen LogP contribution in [-0.2, 0) is 4.79 Å². The lowest BCUT2D eigenvalue weighted by molar-refractivity contribution is -0.116. The number of amides is 1. The van der Waals surface area contributed by atoms with Crippen LogP contribution in [0.3, 0.4) is 0 Å². The SMILES string of the molecule is C[C@@H](Nc1ccccc1)C(=O)Nc1cccc(Cl)c1. The molecule has 0 aliphatic heterocycles. The van der Waals surface area contributed by atoms with Gasteiger partial charge in [0.1, 0.15) is 6.04 Å². The molecule has 0 bridgehead atoms. The molecule has 1 atom stereocenters. The van der Waals surface area contributed by atoms with Crippen LogP contribution in [-0.4, -0.2) is 11.9 Å². The first-order valence-corrected chi connectivity index (χ1v) is 6.41. The molecule has 0 radical (unpaired) electrons. The average Bonchev–Trinajstić information content (AvgIpc) is 2.40. The second kappa shape index (κ2) is 6.25. The van der Waals surface area contributed by atoms with E-state index in [0.29, 0.717) is 10.7 Å². The Kier molecular flexibility index (Phi) is 4.42. The number of carbonyl (C=O) groups excluding carboxylic acids is 1. The quantitative estimate of drug-likeness (QED) is 0.891. The highest BCUT2D eigenvalue weighted by Gasteiger charge is 2.12. The van der Waals surface area contributed by atoms with E-state index in [9.17, 15) is 4.79 Å². The number of halogens is 1. The van der Waals surface area contributed by atoms with Crippen molar-refractivity contribution in [3.63, 3.8) is 0 Å². The lowest BCUT2D eigenvalue weighted by Crippen LogP contribution is -2.31. The molecule has 0 unspecified atom stereocenters. The van der Waals surface area contributed by atoms with Crippen LogP contribution >= 0.6 is 11.6 Å². The molecule has 3 nitrogen and oxygen atoms in total. The summed E-state index contributed by atoms with van der Waals surface area (Å²) in [4.78, 5) is 12.0. The number of carbonyl (C=O) groups is 1. The maximum atomic E-state index is 12.0. The highest BCUT2D eigenvalue weighted by atomic mass is 35.5. The third kappa shape index (κ3) is 4.00. The summed E-state index contributed by atoms with van der Waals surface area (Å²) in [7, 11) is 0. The standard InChI is InChI=1S/C15H15ClN2O/c1-11(17-13-7-3-2-4-8-13)15(19)18-14-9-5-6-12(16)10-14/h2-11,17H,1H3,(H,18,19)/t11-/m1/s1. The summed E-state index contributed by atoms with van der Waals surface area (Å²) < 4.78 is 0. The molecular formula is C15H15ClN2O. The summed E-state index contributed by atoms with van der Waals surface area (Å²) in [6.07, 6.45) is 0. The molecule has 4 heteroatoms. The molecule has 0 saturated heterocycles. The fraction of sp³-hybridized carbons (Fsp3) is 0.133. The van der Waals surface area contributed by atoms with Gasteiger partial charge in [-0.2, -0.15) is 0 Å². The van der Waals surface area contributed by atoms with Crippen LogP contribution < -0.4 is 10.6 Å². The van der Waals surface area contributed by atoms with E-state index in [4.69, 9.17) is 11.6 Å². The molecule has 1 amide bonds. The zero-order chi connectivity index (χ0) is 13.7. The van der Waals surface area contributed by atoms with Crippen molar-refractivity contribution in [2.75, 3.05) is 10.6 Å². The van der Waals surface area contributed by atoms with Crippen LogP contribution in [0.2, 0.25) is 5.02 Å². The molecule has 2 N–H and O–H groups in total. The van der Waals surface area contributed by atoms with Crippen LogP contribution in [0.1, 0.15) is 6.92 Å². The topological polar surface area (TPSA) is 41.1 Å². The number of nitrogens with one attached hydrogen (secondary N) is 2. The van der Waals surface area contributed by atoms with Crippen molar-refractivity contribution in [2.24, 2.45) is 0 Å². The van der Waals surface area contributed by atoms with E-state index in [1.165, 1.54) is 0 Å².